The fraction of sp³-hybridized carbons (Fsp3) is 0.516. The second-order valence-electron chi connectivity index (χ2n) is 18.6. The Morgan fingerprint density at radius 3 is 0.656 bits per heavy atom. The van der Waals surface area contributed by atoms with Gasteiger partial charge in [-0.2, -0.15) is 0 Å². The van der Waals surface area contributed by atoms with E-state index in [-0.39, 0.29) is 0 Å². The van der Waals surface area contributed by atoms with Gasteiger partial charge in [0, 0.05) is 0 Å². The van der Waals surface area contributed by atoms with Gasteiger partial charge >= 0.3 is 0 Å². The zero-order valence-electron chi connectivity index (χ0n) is 42.1. The first-order chi connectivity index (χ1) is 31.5. The highest BCUT2D eigenvalue weighted by Gasteiger charge is 2.32. The van der Waals surface area contributed by atoms with Gasteiger partial charge in [0.05, 0.1) is 0 Å². The molecular formula is C62H88P2. The van der Waals surface area contributed by atoms with E-state index in [1.165, 1.54) is 154 Å². The lowest BCUT2D eigenvalue weighted by atomic mass is 9.97. The van der Waals surface area contributed by atoms with Gasteiger partial charge in [-0.25, -0.2) is 0 Å². The number of unbranched alkanes of at least 4 members (excludes halogenated alkanes) is 8. The molecule has 346 valence electrons. The molecule has 0 atom stereocenters. The van der Waals surface area contributed by atoms with E-state index in [0.29, 0.717) is 0 Å². The third-order valence-corrected chi connectivity index (χ3v) is 19.2. The molecular weight excluding hydrogens is 807 g/mol. The van der Waals surface area contributed by atoms with Crippen molar-refractivity contribution < 1.29 is 0 Å². The summed E-state index contributed by atoms with van der Waals surface area (Å²) in [6.07, 6.45) is 29.2. The Morgan fingerprint density at radius 1 is 0.234 bits per heavy atom. The highest BCUT2D eigenvalue weighted by Crippen LogP contribution is 2.44. The lowest BCUT2D eigenvalue weighted by molar-refractivity contribution is 0.760. The maximum atomic E-state index is 2.63. The molecule has 0 aliphatic carbocycles. The fourth-order valence-electron chi connectivity index (χ4n) is 9.92. The van der Waals surface area contributed by atoms with E-state index in [9.17, 15) is 0 Å². The number of benzene rings is 5. The van der Waals surface area contributed by atoms with Crippen molar-refractivity contribution in [1.29, 1.82) is 0 Å². The SMILES string of the molecule is CCCCc1cccc(P(c2ccccc2P(c2cccc(CCCC)c2CCCC)c2cccc(CCCC)c2CCCC)c2cccc(CCCC)c2CCCC)c1CCCC. The quantitative estimate of drug-likeness (QED) is 0.0403. The van der Waals surface area contributed by atoms with Gasteiger partial charge in [-0.1, -0.05) is 204 Å². The number of hydrogen-bond donors (Lipinski definition) is 0. The molecule has 0 N–H and O–H groups in total. The molecule has 0 fully saturated rings. The standard InChI is InChI=1S/C62H88P2/c1-9-17-31-49-35-27-45-57(53(49)39-21-13-5)63(58-46-28-36-50(32-18-10-2)54(58)40-22-14-6)61-43-25-26-44-62(61)64(59-47-29-37-51(33-19-11-3)55(59)41-23-15-7)60-48-30-38-52(34-20-12-4)56(60)42-24-16-8/h25-30,35-38,43-48H,9-24,31-34,39-42H2,1-8H3. The van der Waals surface area contributed by atoms with Gasteiger partial charge in [0.2, 0.25) is 0 Å². The lowest BCUT2D eigenvalue weighted by Crippen LogP contribution is -2.38. The van der Waals surface area contributed by atoms with Crippen LogP contribution in [0.15, 0.2) is 97.1 Å². The number of aryl methyl sites for hydroxylation is 4. The molecule has 0 spiro atoms. The molecule has 0 nitrogen and oxygen atoms in total. The Balaban J connectivity index is 1.97. The largest absolute Gasteiger partial charge is 0.0654 e. The van der Waals surface area contributed by atoms with E-state index in [0.717, 1.165) is 0 Å². The van der Waals surface area contributed by atoms with E-state index in [1.807, 2.05) is 0 Å². The maximum Gasteiger partial charge on any atom is -0.00673 e. The first kappa shape index (κ1) is 51.9. The molecule has 0 radical (unpaired) electrons. The zero-order chi connectivity index (χ0) is 45.5. The number of rotatable bonds is 30. The van der Waals surface area contributed by atoms with Gasteiger partial charge in [-0.15, -0.1) is 0 Å². The van der Waals surface area contributed by atoms with Crippen molar-refractivity contribution in [3.8, 4) is 0 Å². The molecule has 2 heteroatoms. The average Bonchev–Trinajstić information content (AvgIpc) is 3.32. The van der Waals surface area contributed by atoms with Gasteiger partial charge in [-0.05, 0) is 195 Å². The minimum Gasteiger partial charge on any atom is -0.0654 e. The molecule has 5 aromatic carbocycles. The van der Waals surface area contributed by atoms with E-state index >= 15 is 0 Å². The van der Waals surface area contributed by atoms with Crippen LogP contribution < -0.4 is 31.8 Å². The van der Waals surface area contributed by atoms with Crippen molar-refractivity contribution in [2.45, 2.75) is 209 Å². The number of hydrogen-bond acceptors (Lipinski definition) is 0. The summed E-state index contributed by atoms with van der Waals surface area (Å²) in [7, 11) is -1.75. The van der Waals surface area contributed by atoms with E-state index in [1.54, 1.807) is 76.3 Å². The van der Waals surface area contributed by atoms with Crippen LogP contribution in [0.4, 0.5) is 0 Å². The molecule has 5 rings (SSSR count). The van der Waals surface area contributed by atoms with Gasteiger partial charge in [-0.3, -0.25) is 0 Å². The van der Waals surface area contributed by atoms with Crippen LogP contribution in [0.5, 0.6) is 0 Å². The van der Waals surface area contributed by atoms with Gasteiger partial charge in [0.25, 0.3) is 0 Å². The van der Waals surface area contributed by atoms with E-state index in [2.05, 4.69) is 152 Å². The summed E-state index contributed by atoms with van der Waals surface area (Å²) >= 11 is 0. The smallest absolute Gasteiger partial charge is 0.00673 e. The monoisotopic (exact) mass is 895 g/mol. The normalized spacial score (nSPS) is 11.7. The Labute approximate surface area is 396 Å². The zero-order valence-corrected chi connectivity index (χ0v) is 43.9. The predicted octanol–water partition coefficient (Wildman–Crippen LogP) is 15.9. The summed E-state index contributed by atoms with van der Waals surface area (Å²) < 4.78 is 0. The van der Waals surface area contributed by atoms with Crippen molar-refractivity contribution in [1.82, 2.24) is 0 Å². The molecule has 5 aromatic rings. The van der Waals surface area contributed by atoms with Crippen molar-refractivity contribution >= 4 is 47.7 Å². The highest BCUT2D eigenvalue weighted by molar-refractivity contribution is 7.85. The van der Waals surface area contributed by atoms with E-state index < -0.39 is 15.8 Å². The second kappa shape index (κ2) is 28.9. The summed E-state index contributed by atoms with van der Waals surface area (Å²) in [6, 6.07) is 40.2. The Hall–Kier alpha value is -3.04. The Morgan fingerprint density at radius 2 is 0.438 bits per heavy atom. The summed E-state index contributed by atoms with van der Waals surface area (Å²) in [4.78, 5) is 0. The molecule has 0 aliphatic heterocycles. The summed E-state index contributed by atoms with van der Waals surface area (Å²) in [5.41, 5.74) is 13.1. The van der Waals surface area contributed by atoms with E-state index in [4.69, 9.17) is 0 Å². The lowest BCUT2D eigenvalue weighted by Gasteiger charge is -2.33. The minimum absolute atomic E-state index is 0.876. The Bertz CT molecular complexity index is 1830. The summed E-state index contributed by atoms with van der Waals surface area (Å²) in [5.74, 6) is 0. The van der Waals surface area contributed by atoms with Crippen LogP contribution in [0.3, 0.4) is 0 Å². The predicted molar refractivity (Wildman–Crippen MR) is 293 cm³/mol. The third-order valence-electron chi connectivity index (χ3n) is 13.6. The average molecular weight is 895 g/mol. The molecule has 0 unspecified atom stereocenters. The van der Waals surface area contributed by atoms with Gasteiger partial charge < -0.3 is 0 Å². The topological polar surface area (TPSA) is 0 Å². The first-order valence-corrected chi connectivity index (χ1v) is 29.3. The van der Waals surface area contributed by atoms with Crippen LogP contribution in [-0.2, 0) is 51.4 Å². The van der Waals surface area contributed by atoms with Crippen molar-refractivity contribution in [2.75, 3.05) is 0 Å². The van der Waals surface area contributed by atoms with Crippen LogP contribution in [0.1, 0.15) is 203 Å². The fourth-order valence-corrected chi connectivity index (χ4v) is 16.2. The molecule has 0 amide bonds. The van der Waals surface area contributed by atoms with Crippen LogP contribution in [0, 0.1) is 0 Å². The van der Waals surface area contributed by atoms with Crippen molar-refractivity contribution in [3.63, 3.8) is 0 Å². The first-order valence-electron chi connectivity index (χ1n) is 26.6. The highest BCUT2D eigenvalue weighted by atomic mass is 31.1. The molecule has 64 heavy (non-hydrogen) atoms. The summed E-state index contributed by atoms with van der Waals surface area (Å²) in [6.45, 7) is 19.0. The molecule has 0 aromatic heterocycles. The molecule has 0 bridgehead atoms. The van der Waals surface area contributed by atoms with Crippen molar-refractivity contribution in [2.24, 2.45) is 0 Å². The third kappa shape index (κ3) is 13.8. The molecule has 0 saturated heterocycles. The van der Waals surface area contributed by atoms with Crippen LogP contribution in [-0.4, -0.2) is 0 Å². The van der Waals surface area contributed by atoms with Gasteiger partial charge in [0.1, 0.15) is 0 Å². The molecule has 0 saturated carbocycles. The van der Waals surface area contributed by atoms with Crippen LogP contribution in [0.25, 0.3) is 0 Å². The van der Waals surface area contributed by atoms with Crippen LogP contribution in [0.2, 0.25) is 0 Å². The maximum absolute atomic E-state index is 2.63. The molecule has 0 heterocycles. The minimum atomic E-state index is -0.876. The van der Waals surface area contributed by atoms with Crippen molar-refractivity contribution in [3.05, 3.63) is 142 Å². The van der Waals surface area contributed by atoms with Gasteiger partial charge in [0.15, 0.2) is 0 Å². The second-order valence-corrected chi connectivity index (χ2v) is 22.9. The molecule has 0 aliphatic rings. The summed E-state index contributed by atoms with van der Waals surface area (Å²) in [5, 5.41) is 9.76. The van der Waals surface area contributed by atoms with Crippen LogP contribution >= 0.6 is 15.8 Å². The Kier molecular flexibility index (Phi) is 23.4.